The fourth-order valence-electron chi connectivity index (χ4n) is 1.14. The Balaban J connectivity index is 2.60. The summed E-state index contributed by atoms with van der Waals surface area (Å²) in [6.07, 6.45) is -0.214. The number of rotatable bonds is 2. The molecule has 0 spiro atoms. The van der Waals surface area contributed by atoms with Gasteiger partial charge in [0.25, 0.3) is 0 Å². The zero-order valence-electron chi connectivity index (χ0n) is 7.99. The topological polar surface area (TPSA) is 9.23 Å². The van der Waals surface area contributed by atoms with E-state index in [1.165, 1.54) is 9.66 Å². The molecule has 0 heterocycles. The first-order chi connectivity index (χ1) is 6.38. The molecule has 1 rings (SSSR count). The summed E-state index contributed by atoms with van der Waals surface area (Å²) in [5, 5.41) is 0. The Labute approximate surface area is 88.4 Å². The second-order valence-electron chi connectivity index (χ2n) is 3.05. The van der Waals surface area contributed by atoms with E-state index in [4.69, 9.17) is 0 Å². The van der Waals surface area contributed by atoms with E-state index in [2.05, 4.69) is 14.6 Å². The van der Waals surface area contributed by atoms with Gasteiger partial charge in [-0.05, 0) is 0 Å². The second-order valence-corrected chi connectivity index (χ2v) is 8.75. The van der Waals surface area contributed by atoms with Gasteiger partial charge >= 0.3 is 88.3 Å². The van der Waals surface area contributed by atoms with Crippen LogP contribution in [0, 0.1) is 0 Å². The van der Waals surface area contributed by atoms with Gasteiger partial charge in [0.15, 0.2) is 0 Å². The van der Waals surface area contributed by atoms with Crippen LogP contribution in [-0.2, 0) is 4.74 Å². The number of alkyl halides is 5. The van der Waals surface area contributed by atoms with Crippen molar-refractivity contribution in [1.82, 2.24) is 0 Å². The third-order valence-corrected chi connectivity index (χ3v) is 5.46. The molecule has 14 heavy (non-hydrogen) atoms. The summed E-state index contributed by atoms with van der Waals surface area (Å²) in [5.74, 6) is 0.0268. The molecule has 0 unspecified atom stereocenters. The molecule has 0 saturated heterocycles. The molecule has 1 aliphatic rings. The van der Waals surface area contributed by atoms with Gasteiger partial charge in [-0.2, -0.15) is 0 Å². The molecule has 1 aliphatic carbocycles. The van der Waals surface area contributed by atoms with Gasteiger partial charge in [0.1, 0.15) is 0 Å². The summed E-state index contributed by atoms with van der Waals surface area (Å²) in [4.78, 5) is 4.36. The number of allylic oxidation sites excluding steroid dienone is 4. The molecule has 82 valence electrons. The molecule has 1 nitrogen and oxygen atoms in total. The summed E-state index contributed by atoms with van der Waals surface area (Å²) in [6, 6.07) is 0. The van der Waals surface area contributed by atoms with Gasteiger partial charge in [0.2, 0.25) is 0 Å². The van der Waals surface area contributed by atoms with E-state index in [9.17, 15) is 13.2 Å². The number of halogens is 4. The second kappa shape index (κ2) is 4.55. The predicted octanol–water partition coefficient (Wildman–Crippen LogP) is 3.85. The summed E-state index contributed by atoms with van der Waals surface area (Å²) in [6.45, 7) is 0. The Morgan fingerprint density at radius 2 is 1.86 bits per heavy atom. The van der Waals surface area contributed by atoms with E-state index in [-0.39, 0.29) is 5.76 Å². The first kappa shape index (κ1) is 11.9. The monoisotopic (exact) mass is 320 g/mol. The molecule has 0 aromatic carbocycles. The Morgan fingerprint density at radius 1 is 1.21 bits per heavy atom. The predicted molar refractivity (Wildman–Crippen MR) is 58.4 cm³/mol. The Hall–Kier alpha value is -0.200. The summed E-state index contributed by atoms with van der Waals surface area (Å²) in [7, 11) is 0. The van der Waals surface area contributed by atoms with Gasteiger partial charge in [0.05, 0.1) is 0 Å². The van der Waals surface area contributed by atoms with Crippen LogP contribution in [-0.4, -0.2) is 16.2 Å². The van der Waals surface area contributed by atoms with Gasteiger partial charge in [-0.3, -0.25) is 0 Å². The van der Waals surface area contributed by atoms with E-state index < -0.39 is 26.2 Å². The fraction of sp³-hybridized carbons (Fsp3) is 0.556. The molecule has 0 atom stereocenters. The van der Waals surface area contributed by atoms with Crippen molar-refractivity contribution in [3.63, 3.8) is 0 Å². The van der Waals surface area contributed by atoms with Crippen LogP contribution in [0.15, 0.2) is 21.5 Å². The average molecular weight is 320 g/mol. The van der Waals surface area contributed by atoms with Crippen LogP contribution in [0.1, 0.15) is 12.8 Å². The average Bonchev–Trinajstić information content (AvgIpc) is 2.02. The van der Waals surface area contributed by atoms with Crippen molar-refractivity contribution in [2.75, 3.05) is 9.86 Å². The molecular weight excluding hydrogens is 308 g/mol. The SMILES string of the molecule is CI(C)C1=CC=C(OC(F)(F)F)CC1. The minimum absolute atomic E-state index is 0.0268. The van der Waals surface area contributed by atoms with Crippen molar-refractivity contribution in [2.45, 2.75) is 19.2 Å². The van der Waals surface area contributed by atoms with Crippen molar-refractivity contribution in [3.8, 4) is 0 Å². The van der Waals surface area contributed by atoms with E-state index in [0.717, 1.165) is 6.42 Å². The Morgan fingerprint density at radius 3 is 2.21 bits per heavy atom. The van der Waals surface area contributed by atoms with E-state index in [1.807, 2.05) is 0 Å². The number of hydrogen-bond donors (Lipinski definition) is 0. The van der Waals surface area contributed by atoms with Crippen LogP contribution in [0.3, 0.4) is 0 Å². The number of ether oxygens (including phenoxy) is 1. The van der Waals surface area contributed by atoms with Crippen molar-refractivity contribution >= 4 is 19.8 Å². The van der Waals surface area contributed by atoms with Crippen LogP contribution in [0.25, 0.3) is 0 Å². The molecule has 0 radical (unpaired) electrons. The zero-order chi connectivity index (χ0) is 10.8. The number of hydrogen-bond acceptors (Lipinski definition) is 1. The van der Waals surface area contributed by atoms with Crippen LogP contribution in [0.5, 0.6) is 0 Å². The third-order valence-electron chi connectivity index (χ3n) is 1.79. The molecule has 0 N–H and O–H groups in total. The summed E-state index contributed by atoms with van der Waals surface area (Å²) in [5.41, 5.74) is 0. The maximum atomic E-state index is 11.8. The summed E-state index contributed by atoms with van der Waals surface area (Å²) >= 11 is -1.01. The molecule has 0 bridgehead atoms. The molecule has 0 aromatic rings. The molecular formula is C9H12F3IO. The van der Waals surface area contributed by atoms with Gasteiger partial charge in [-0.25, -0.2) is 0 Å². The van der Waals surface area contributed by atoms with Crippen molar-refractivity contribution in [3.05, 3.63) is 21.5 Å². The quantitative estimate of drug-likeness (QED) is 0.555. The fourth-order valence-corrected chi connectivity index (χ4v) is 3.39. The van der Waals surface area contributed by atoms with Gasteiger partial charge in [0, 0.05) is 0 Å². The van der Waals surface area contributed by atoms with Crippen LogP contribution < -0.4 is 0 Å². The van der Waals surface area contributed by atoms with Crippen LogP contribution >= 0.6 is 19.8 Å². The molecule has 0 aromatic heterocycles. The van der Waals surface area contributed by atoms with E-state index >= 15 is 0 Å². The molecule has 5 heteroatoms. The van der Waals surface area contributed by atoms with Crippen molar-refractivity contribution in [2.24, 2.45) is 0 Å². The van der Waals surface area contributed by atoms with E-state index in [1.54, 1.807) is 6.08 Å². The third kappa shape index (κ3) is 3.89. The molecule has 0 saturated carbocycles. The first-order valence-electron chi connectivity index (χ1n) is 4.04. The molecule has 0 amide bonds. The Bertz CT molecular complexity index is 266. The standard InChI is InChI=1S/C9H12F3IO/c1-13(2)7-3-5-8(6-4-7)14-9(10,11)12/h3,5H,4,6H2,1-2H3. The van der Waals surface area contributed by atoms with Gasteiger partial charge in [-0.1, -0.05) is 0 Å². The Kier molecular flexibility index (Phi) is 3.86. The van der Waals surface area contributed by atoms with Crippen LogP contribution in [0.4, 0.5) is 13.2 Å². The van der Waals surface area contributed by atoms with Gasteiger partial charge < -0.3 is 0 Å². The first-order valence-corrected chi connectivity index (χ1v) is 9.43. The van der Waals surface area contributed by atoms with Crippen molar-refractivity contribution in [1.29, 1.82) is 0 Å². The van der Waals surface area contributed by atoms with E-state index in [0.29, 0.717) is 6.42 Å². The normalized spacial score (nSPS) is 18.5. The summed E-state index contributed by atoms with van der Waals surface area (Å²) < 4.78 is 40.6. The minimum atomic E-state index is -4.55. The molecule has 0 fully saturated rings. The van der Waals surface area contributed by atoms with Crippen LogP contribution in [0.2, 0.25) is 0 Å². The molecule has 0 aliphatic heterocycles. The van der Waals surface area contributed by atoms with Gasteiger partial charge in [-0.15, -0.1) is 0 Å². The zero-order valence-corrected chi connectivity index (χ0v) is 10.1. The maximum absolute atomic E-state index is 11.8. The van der Waals surface area contributed by atoms with Crippen molar-refractivity contribution < 1.29 is 17.9 Å².